The van der Waals surface area contributed by atoms with Crippen molar-refractivity contribution in [2.75, 3.05) is 0 Å². The summed E-state index contributed by atoms with van der Waals surface area (Å²) in [5, 5.41) is 6.23. The van der Waals surface area contributed by atoms with Gasteiger partial charge in [0.2, 0.25) is 0 Å². The molecule has 0 spiro atoms. The molecule has 2 aromatic heterocycles. The molecule has 0 radical (unpaired) electrons. The molecule has 2 aliphatic heterocycles. The van der Waals surface area contributed by atoms with Crippen LogP contribution in [0.3, 0.4) is 0 Å². The fourth-order valence-corrected chi connectivity index (χ4v) is 2.85. The lowest BCUT2D eigenvalue weighted by molar-refractivity contribution is 0.394. The molecule has 6 heteroatoms. The summed E-state index contributed by atoms with van der Waals surface area (Å²) in [6, 6.07) is 4.11. The summed E-state index contributed by atoms with van der Waals surface area (Å²) in [5.41, 5.74) is 6.76. The highest BCUT2D eigenvalue weighted by Crippen LogP contribution is 2.19. The molecule has 2 aromatic rings. The third kappa shape index (κ3) is 5.29. The van der Waals surface area contributed by atoms with Gasteiger partial charge in [-0.25, -0.2) is 19.9 Å². The van der Waals surface area contributed by atoms with Gasteiger partial charge in [0.25, 0.3) is 0 Å². The molecule has 1 N–H and O–H groups in total. The number of hydrogen-bond donors (Lipinski definition) is 1. The number of nitrogens with one attached hydrogen (secondary N) is 1. The Morgan fingerprint density at radius 1 is 1.07 bits per heavy atom. The van der Waals surface area contributed by atoms with E-state index in [9.17, 15) is 0 Å². The first-order valence-corrected chi connectivity index (χ1v) is 10.2. The Morgan fingerprint density at radius 2 is 1.79 bits per heavy atom. The molecule has 1 unspecified atom stereocenters. The van der Waals surface area contributed by atoms with Crippen molar-refractivity contribution in [3.63, 3.8) is 0 Å². The summed E-state index contributed by atoms with van der Waals surface area (Å²) in [6.07, 6.45) is 8.55. The average Bonchev–Trinajstić information content (AvgIpc) is 3.22. The molecule has 28 heavy (non-hydrogen) atoms. The second kappa shape index (κ2) is 9.64. The van der Waals surface area contributed by atoms with Crippen molar-refractivity contribution in [2.45, 2.75) is 67.5 Å². The van der Waals surface area contributed by atoms with Crippen LogP contribution in [0.15, 0.2) is 47.2 Å². The zero-order valence-electron chi connectivity index (χ0n) is 18.4. The zero-order valence-corrected chi connectivity index (χ0v) is 18.4. The van der Waals surface area contributed by atoms with Gasteiger partial charge in [0, 0.05) is 12.4 Å². The SMILES string of the molecule is CC.CC1N=C2C=C(C(C)C)C=CN2N1.Cc1nc2ccc(C(C)C)cn2n1. The maximum atomic E-state index is 4.45. The Kier molecular flexibility index (Phi) is 7.52. The van der Waals surface area contributed by atoms with Gasteiger partial charge >= 0.3 is 0 Å². The van der Waals surface area contributed by atoms with Crippen LogP contribution < -0.4 is 5.43 Å². The molecule has 6 nitrogen and oxygen atoms in total. The van der Waals surface area contributed by atoms with E-state index in [-0.39, 0.29) is 6.17 Å². The van der Waals surface area contributed by atoms with Crippen molar-refractivity contribution in [1.82, 2.24) is 25.0 Å². The van der Waals surface area contributed by atoms with Crippen molar-refractivity contribution in [3.8, 4) is 0 Å². The Hall–Kier alpha value is -2.47. The molecule has 4 rings (SSSR count). The fraction of sp³-hybridized carbons (Fsp3) is 0.500. The maximum Gasteiger partial charge on any atom is 0.155 e. The van der Waals surface area contributed by atoms with E-state index < -0.39 is 0 Å². The molecular weight excluding hydrogens is 348 g/mol. The summed E-state index contributed by atoms with van der Waals surface area (Å²) >= 11 is 0. The number of hydrogen-bond acceptors (Lipinski definition) is 5. The summed E-state index contributed by atoms with van der Waals surface area (Å²) < 4.78 is 1.84. The first-order chi connectivity index (χ1) is 13.3. The number of aliphatic imine (C=N–C) groups is 1. The van der Waals surface area contributed by atoms with Gasteiger partial charge in [-0.1, -0.05) is 47.6 Å². The standard InChI is InChI=1S/C10H15N3.C10H13N3.C2H6/c1-7(2)9-4-5-13-10(6-9)11-8(3)12-13;1-7(2)9-4-5-10-11-8(3)12-13(10)6-9;1-2/h4-8,12H,1-3H3;4-7H,1-3H3;1-2H3. The van der Waals surface area contributed by atoms with Crippen LogP contribution >= 0.6 is 0 Å². The lowest BCUT2D eigenvalue weighted by Gasteiger charge is -2.20. The lowest BCUT2D eigenvalue weighted by Crippen LogP contribution is -2.35. The van der Waals surface area contributed by atoms with E-state index in [1.807, 2.05) is 55.7 Å². The lowest BCUT2D eigenvalue weighted by atomic mass is 10.0. The average molecular weight is 383 g/mol. The van der Waals surface area contributed by atoms with Crippen LogP contribution in [-0.2, 0) is 0 Å². The number of nitrogens with zero attached hydrogens (tertiary/aromatic N) is 5. The molecular formula is C22H34N6. The molecule has 152 valence electrons. The number of hydrazine groups is 1. The highest BCUT2D eigenvalue weighted by atomic mass is 15.6. The first-order valence-electron chi connectivity index (χ1n) is 10.2. The number of aryl methyl sites for hydroxylation is 1. The van der Waals surface area contributed by atoms with Gasteiger partial charge in [0.15, 0.2) is 5.65 Å². The number of aromatic nitrogens is 3. The number of amidine groups is 1. The van der Waals surface area contributed by atoms with Crippen molar-refractivity contribution in [1.29, 1.82) is 0 Å². The molecule has 2 aliphatic rings. The second-order valence-electron chi connectivity index (χ2n) is 7.36. The van der Waals surface area contributed by atoms with Gasteiger partial charge in [-0.2, -0.15) is 5.10 Å². The van der Waals surface area contributed by atoms with Crippen molar-refractivity contribution < 1.29 is 0 Å². The number of fused-ring (bicyclic) bond motifs is 2. The van der Waals surface area contributed by atoms with Crippen LogP contribution in [0.4, 0.5) is 0 Å². The van der Waals surface area contributed by atoms with Gasteiger partial charge in [0.05, 0.1) is 0 Å². The number of pyridine rings is 1. The molecule has 0 aliphatic carbocycles. The minimum absolute atomic E-state index is 0.197. The van der Waals surface area contributed by atoms with Gasteiger partial charge in [-0.05, 0) is 55.0 Å². The smallest absolute Gasteiger partial charge is 0.155 e. The van der Waals surface area contributed by atoms with E-state index in [1.165, 1.54) is 11.1 Å². The maximum absolute atomic E-state index is 4.45. The normalized spacial score (nSPS) is 17.6. The second-order valence-corrected chi connectivity index (χ2v) is 7.36. The molecule has 0 fully saturated rings. The number of rotatable bonds is 2. The minimum Gasteiger partial charge on any atom is -0.265 e. The van der Waals surface area contributed by atoms with E-state index >= 15 is 0 Å². The van der Waals surface area contributed by atoms with Crippen LogP contribution in [0.2, 0.25) is 0 Å². The molecule has 0 amide bonds. The molecule has 1 atom stereocenters. The third-order valence-corrected chi connectivity index (χ3v) is 4.40. The fourth-order valence-electron chi connectivity index (χ4n) is 2.85. The molecule has 0 saturated heterocycles. The Morgan fingerprint density at radius 3 is 2.43 bits per heavy atom. The monoisotopic (exact) mass is 382 g/mol. The van der Waals surface area contributed by atoms with Crippen LogP contribution in [0.5, 0.6) is 0 Å². The predicted molar refractivity (Wildman–Crippen MR) is 117 cm³/mol. The molecule has 4 heterocycles. The van der Waals surface area contributed by atoms with E-state index in [4.69, 9.17) is 0 Å². The van der Waals surface area contributed by atoms with E-state index in [0.717, 1.165) is 17.3 Å². The summed E-state index contributed by atoms with van der Waals surface area (Å²) in [5.74, 6) is 2.95. The first kappa shape index (κ1) is 21.8. The number of allylic oxidation sites excluding steroid dienone is 2. The molecule has 0 saturated carbocycles. The Balaban J connectivity index is 0.000000184. The van der Waals surface area contributed by atoms with Gasteiger partial charge in [-0.3, -0.25) is 5.01 Å². The van der Waals surface area contributed by atoms with E-state index in [0.29, 0.717) is 11.8 Å². The molecule has 0 aromatic carbocycles. The predicted octanol–water partition coefficient (Wildman–Crippen LogP) is 4.85. The van der Waals surface area contributed by atoms with Crippen LogP contribution in [0.1, 0.15) is 65.8 Å². The van der Waals surface area contributed by atoms with E-state index in [2.05, 4.69) is 66.4 Å². The summed E-state index contributed by atoms with van der Waals surface area (Å²) in [6.45, 7) is 16.7. The van der Waals surface area contributed by atoms with Crippen molar-refractivity contribution >= 4 is 11.5 Å². The van der Waals surface area contributed by atoms with Crippen molar-refractivity contribution in [3.05, 3.63) is 53.6 Å². The quantitative estimate of drug-likeness (QED) is 0.807. The van der Waals surface area contributed by atoms with Gasteiger partial charge < -0.3 is 0 Å². The minimum atomic E-state index is 0.197. The Bertz CT molecular complexity index is 872. The van der Waals surface area contributed by atoms with E-state index in [1.54, 1.807) is 0 Å². The topological polar surface area (TPSA) is 57.8 Å². The van der Waals surface area contributed by atoms with Crippen molar-refractivity contribution in [2.24, 2.45) is 10.9 Å². The summed E-state index contributed by atoms with van der Waals surface area (Å²) in [7, 11) is 0. The molecule has 0 bridgehead atoms. The Labute approximate surface area is 169 Å². The summed E-state index contributed by atoms with van der Waals surface area (Å²) in [4.78, 5) is 8.71. The largest absolute Gasteiger partial charge is 0.265 e. The van der Waals surface area contributed by atoms with Crippen LogP contribution in [-0.4, -0.2) is 31.6 Å². The third-order valence-electron chi connectivity index (χ3n) is 4.40. The van der Waals surface area contributed by atoms with Gasteiger partial charge in [-0.15, -0.1) is 0 Å². The van der Waals surface area contributed by atoms with Crippen LogP contribution in [0, 0.1) is 12.8 Å². The zero-order chi connectivity index (χ0) is 20.8. The van der Waals surface area contributed by atoms with Crippen LogP contribution in [0.25, 0.3) is 5.65 Å². The highest BCUT2D eigenvalue weighted by Gasteiger charge is 2.20. The van der Waals surface area contributed by atoms with Gasteiger partial charge in [0.1, 0.15) is 17.8 Å². The highest BCUT2D eigenvalue weighted by molar-refractivity contribution is 5.96.